The minimum Gasteiger partial charge on any atom is -0.299 e. The van der Waals surface area contributed by atoms with Crippen LogP contribution in [0.4, 0.5) is 0 Å². The molecule has 0 bridgehead atoms. The summed E-state index contributed by atoms with van der Waals surface area (Å²) in [7, 11) is -1.06. The largest absolute Gasteiger partial charge is 0.299 e. The molecule has 102 valence electrons. The van der Waals surface area contributed by atoms with Crippen LogP contribution in [0.5, 0.6) is 0 Å². The summed E-state index contributed by atoms with van der Waals surface area (Å²) in [5.74, 6) is 0.704. The van der Waals surface area contributed by atoms with Crippen LogP contribution < -0.4 is 4.72 Å². The minimum atomic E-state index is -3.12. The molecule has 1 unspecified atom stereocenters. The molecule has 0 saturated heterocycles. The molecule has 0 amide bonds. The highest BCUT2D eigenvalue weighted by Crippen LogP contribution is 2.26. The van der Waals surface area contributed by atoms with Gasteiger partial charge in [-0.1, -0.05) is 0 Å². The van der Waals surface area contributed by atoms with E-state index in [1.54, 1.807) is 0 Å². The van der Waals surface area contributed by atoms with Gasteiger partial charge >= 0.3 is 0 Å². The van der Waals surface area contributed by atoms with Crippen LogP contribution in [-0.4, -0.2) is 50.6 Å². The Morgan fingerprint density at radius 2 is 2.06 bits per heavy atom. The van der Waals surface area contributed by atoms with E-state index < -0.39 is 10.0 Å². The number of nitrogens with zero attached hydrogens (tertiary/aromatic N) is 1. The predicted octanol–water partition coefficient (Wildman–Crippen LogP) is 1.41. The first-order valence-electron chi connectivity index (χ1n) is 6.21. The minimum absolute atomic E-state index is 0.180. The summed E-state index contributed by atoms with van der Waals surface area (Å²) < 4.78 is 26.0. The molecule has 0 radical (unpaired) electrons. The van der Waals surface area contributed by atoms with Gasteiger partial charge in [0.2, 0.25) is 10.0 Å². The molecule has 0 aromatic carbocycles. The molecule has 1 atom stereocenters. The van der Waals surface area contributed by atoms with E-state index in [1.807, 2.05) is 0 Å². The van der Waals surface area contributed by atoms with Crippen LogP contribution in [0.2, 0.25) is 0 Å². The maximum absolute atomic E-state index is 11.6. The van der Waals surface area contributed by atoms with E-state index >= 15 is 0 Å². The molecular weight excluding hydrogens is 260 g/mol. The van der Waals surface area contributed by atoms with Crippen molar-refractivity contribution in [1.82, 2.24) is 9.62 Å². The zero-order chi connectivity index (χ0) is 12.9. The van der Waals surface area contributed by atoms with Crippen LogP contribution in [0.25, 0.3) is 0 Å². The summed E-state index contributed by atoms with van der Waals surface area (Å²) in [5.41, 5.74) is 0. The van der Waals surface area contributed by atoms with Crippen molar-refractivity contribution < 1.29 is 8.42 Å². The molecule has 6 heteroatoms. The van der Waals surface area contributed by atoms with Crippen molar-refractivity contribution in [2.45, 2.75) is 44.7 Å². The van der Waals surface area contributed by atoms with Crippen molar-refractivity contribution in [3.8, 4) is 0 Å². The fraction of sp³-hybridized carbons (Fsp3) is 1.00. The highest BCUT2D eigenvalue weighted by atomic mass is 35.5. The van der Waals surface area contributed by atoms with E-state index in [0.29, 0.717) is 24.9 Å². The summed E-state index contributed by atoms with van der Waals surface area (Å²) in [4.78, 5) is 2.25. The third-order valence-corrected chi connectivity index (χ3v) is 4.91. The lowest BCUT2D eigenvalue weighted by Crippen LogP contribution is -2.41. The highest BCUT2D eigenvalue weighted by molar-refractivity contribution is 7.89. The Kier molecular flexibility index (Phi) is 6.20. The van der Waals surface area contributed by atoms with Crippen molar-refractivity contribution in [3.63, 3.8) is 0 Å². The molecule has 1 aliphatic carbocycles. The fourth-order valence-corrected chi connectivity index (χ4v) is 3.10. The molecule has 0 spiro atoms. The molecule has 1 saturated carbocycles. The predicted molar refractivity (Wildman–Crippen MR) is 72.0 cm³/mol. The van der Waals surface area contributed by atoms with Gasteiger partial charge in [0, 0.05) is 24.5 Å². The van der Waals surface area contributed by atoms with Crippen LogP contribution in [0.1, 0.15) is 32.6 Å². The van der Waals surface area contributed by atoms with E-state index in [9.17, 15) is 8.42 Å². The Hall–Kier alpha value is 0.160. The maximum atomic E-state index is 11.6. The number of alkyl halides is 1. The van der Waals surface area contributed by atoms with E-state index in [-0.39, 0.29) is 11.8 Å². The van der Waals surface area contributed by atoms with Crippen molar-refractivity contribution in [3.05, 3.63) is 0 Å². The number of halogens is 1. The average Bonchev–Trinajstić information content (AvgIpc) is 3.09. The lowest BCUT2D eigenvalue weighted by atomic mass is 10.3. The first-order valence-corrected chi connectivity index (χ1v) is 8.40. The van der Waals surface area contributed by atoms with E-state index in [2.05, 4.69) is 23.6 Å². The average molecular weight is 283 g/mol. The smallest absolute Gasteiger partial charge is 0.211 e. The van der Waals surface area contributed by atoms with Gasteiger partial charge in [-0.05, 0) is 39.7 Å². The Morgan fingerprint density at radius 1 is 1.41 bits per heavy atom. The van der Waals surface area contributed by atoms with Crippen molar-refractivity contribution >= 4 is 21.6 Å². The zero-order valence-corrected chi connectivity index (χ0v) is 12.2. The van der Waals surface area contributed by atoms with Crippen LogP contribution >= 0.6 is 11.6 Å². The topological polar surface area (TPSA) is 49.4 Å². The second kappa shape index (κ2) is 6.92. The summed E-state index contributed by atoms with van der Waals surface area (Å²) >= 11 is 5.52. The van der Waals surface area contributed by atoms with E-state index in [1.165, 1.54) is 12.8 Å². The van der Waals surface area contributed by atoms with Gasteiger partial charge in [-0.15, -0.1) is 11.6 Å². The van der Waals surface area contributed by atoms with Crippen molar-refractivity contribution in [1.29, 1.82) is 0 Å². The first kappa shape index (κ1) is 15.2. The SMILES string of the molecule is CC(CNS(=O)(=O)CCCCCl)N(C)C1CC1. The van der Waals surface area contributed by atoms with Crippen molar-refractivity contribution in [2.24, 2.45) is 0 Å². The number of hydrogen-bond donors (Lipinski definition) is 1. The van der Waals surface area contributed by atoms with Gasteiger partial charge in [-0.2, -0.15) is 0 Å². The molecule has 1 fully saturated rings. The monoisotopic (exact) mass is 282 g/mol. The Morgan fingerprint density at radius 3 is 2.59 bits per heavy atom. The van der Waals surface area contributed by atoms with Crippen LogP contribution in [-0.2, 0) is 10.0 Å². The molecule has 0 heterocycles. The van der Waals surface area contributed by atoms with E-state index in [4.69, 9.17) is 11.6 Å². The van der Waals surface area contributed by atoms with Crippen LogP contribution in [0.3, 0.4) is 0 Å². The molecule has 4 nitrogen and oxygen atoms in total. The third kappa shape index (κ3) is 6.04. The molecular formula is C11H23ClN2O2S. The molecule has 1 aliphatic rings. The van der Waals surface area contributed by atoms with Gasteiger partial charge < -0.3 is 0 Å². The Balaban J connectivity index is 2.23. The number of rotatable bonds is 9. The number of nitrogens with one attached hydrogen (secondary N) is 1. The lowest BCUT2D eigenvalue weighted by molar-refractivity contribution is 0.248. The highest BCUT2D eigenvalue weighted by Gasteiger charge is 2.29. The van der Waals surface area contributed by atoms with Gasteiger partial charge in [0.15, 0.2) is 0 Å². The molecule has 1 N–H and O–H groups in total. The Labute approximate surface area is 110 Å². The molecule has 0 aromatic heterocycles. The molecule has 0 aliphatic heterocycles. The van der Waals surface area contributed by atoms with Gasteiger partial charge in [0.05, 0.1) is 5.75 Å². The lowest BCUT2D eigenvalue weighted by Gasteiger charge is -2.24. The summed E-state index contributed by atoms with van der Waals surface area (Å²) in [6.45, 7) is 2.55. The van der Waals surface area contributed by atoms with E-state index in [0.717, 1.165) is 6.42 Å². The maximum Gasteiger partial charge on any atom is 0.211 e. The standard InChI is InChI=1S/C11H23ClN2O2S/c1-10(14(2)11-5-6-11)9-13-17(15,16)8-4-3-7-12/h10-11,13H,3-9H2,1-2H3. The van der Waals surface area contributed by atoms with Gasteiger partial charge in [-0.3, -0.25) is 4.90 Å². The number of unbranched alkanes of at least 4 members (excludes halogenated alkanes) is 1. The second-order valence-corrected chi connectivity index (χ2v) is 7.11. The molecule has 1 rings (SSSR count). The molecule has 0 aromatic rings. The normalized spacial score (nSPS) is 18.6. The van der Waals surface area contributed by atoms with Gasteiger partial charge in [0.1, 0.15) is 0 Å². The summed E-state index contributed by atoms with van der Waals surface area (Å²) in [6.07, 6.45) is 3.86. The van der Waals surface area contributed by atoms with Gasteiger partial charge in [0.25, 0.3) is 0 Å². The van der Waals surface area contributed by atoms with Crippen molar-refractivity contribution in [2.75, 3.05) is 25.2 Å². The quantitative estimate of drug-likeness (QED) is 0.514. The Bertz CT molecular complexity index is 317. The number of likely N-dealkylation sites (N-methyl/N-ethyl adjacent to an activating group) is 1. The number of sulfonamides is 1. The van der Waals surface area contributed by atoms with Gasteiger partial charge in [-0.25, -0.2) is 13.1 Å². The third-order valence-electron chi connectivity index (χ3n) is 3.21. The molecule has 17 heavy (non-hydrogen) atoms. The fourth-order valence-electron chi connectivity index (χ4n) is 1.69. The number of hydrogen-bond acceptors (Lipinski definition) is 3. The first-order chi connectivity index (χ1) is 7.96. The van der Waals surface area contributed by atoms with Crippen LogP contribution in [0.15, 0.2) is 0 Å². The van der Waals surface area contributed by atoms with Crippen LogP contribution in [0, 0.1) is 0 Å². The summed E-state index contributed by atoms with van der Waals surface area (Å²) in [6, 6.07) is 0.913. The zero-order valence-electron chi connectivity index (χ0n) is 10.7. The summed E-state index contributed by atoms with van der Waals surface area (Å²) in [5, 5.41) is 0. The second-order valence-electron chi connectivity index (χ2n) is 4.81.